The highest BCUT2D eigenvalue weighted by atomic mass is 31.2. The first-order chi connectivity index (χ1) is 13.5. The van der Waals surface area contributed by atoms with Gasteiger partial charge in [0.1, 0.15) is 0 Å². The van der Waals surface area contributed by atoms with Crippen LogP contribution in [0.25, 0.3) is 0 Å². The van der Waals surface area contributed by atoms with Crippen molar-refractivity contribution in [2.75, 3.05) is 39.9 Å². The molecular weight excluding hydrogens is 381 g/mol. The van der Waals surface area contributed by atoms with E-state index in [0.717, 1.165) is 5.69 Å². The van der Waals surface area contributed by atoms with E-state index in [9.17, 15) is 4.57 Å². The third-order valence-corrected chi connectivity index (χ3v) is 6.31. The van der Waals surface area contributed by atoms with Gasteiger partial charge in [-0.3, -0.25) is 4.57 Å². The Bertz CT molecular complexity index is 764. The van der Waals surface area contributed by atoms with Gasteiger partial charge < -0.3 is 28.6 Å². The third-order valence-electron chi connectivity index (χ3n) is 4.01. The molecule has 0 saturated carbocycles. The van der Waals surface area contributed by atoms with E-state index in [2.05, 4.69) is 5.32 Å². The average molecular weight is 409 g/mol. The lowest BCUT2D eigenvalue weighted by molar-refractivity contribution is 0.214. The molecule has 1 unspecified atom stereocenters. The van der Waals surface area contributed by atoms with Crippen LogP contribution in [0.4, 0.5) is 5.69 Å². The van der Waals surface area contributed by atoms with Crippen LogP contribution < -0.4 is 19.5 Å². The number of ether oxygens (including phenoxy) is 3. The molecule has 0 aromatic heterocycles. The molecule has 154 valence electrons. The minimum absolute atomic E-state index is 0.245. The molecule has 2 aromatic rings. The summed E-state index contributed by atoms with van der Waals surface area (Å²) in [5.74, 6) is 0.589. The summed E-state index contributed by atoms with van der Waals surface area (Å²) in [6.45, 7) is 4.05. The normalized spacial score (nSPS) is 12.3. The van der Waals surface area contributed by atoms with Gasteiger partial charge in [-0.25, -0.2) is 0 Å². The number of hydrogen-bond acceptors (Lipinski definition) is 7. The van der Waals surface area contributed by atoms with Gasteiger partial charge in [0.15, 0.2) is 17.3 Å². The quantitative estimate of drug-likeness (QED) is 0.518. The van der Waals surface area contributed by atoms with Crippen LogP contribution in [-0.2, 0) is 13.6 Å². The Kier molecular flexibility index (Phi) is 8.18. The molecule has 0 spiro atoms. The fraction of sp³-hybridized carbons (Fsp3) is 0.400. The number of hydrogen-bond donors (Lipinski definition) is 1. The maximum Gasteiger partial charge on any atom is 0.357 e. The summed E-state index contributed by atoms with van der Waals surface area (Å²) in [7, 11) is 1.03. The Labute approximate surface area is 166 Å². The lowest BCUT2D eigenvalue weighted by Gasteiger charge is -2.29. The number of methoxy groups -OCH3 is 3. The lowest BCUT2D eigenvalue weighted by atomic mass is 10.1. The zero-order valence-electron chi connectivity index (χ0n) is 16.9. The molecule has 28 heavy (non-hydrogen) atoms. The second-order valence-electron chi connectivity index (χ2n) is 5.75. The van der Waals surface area contributed by atoms with Crippen molar-refractivity contribution in [1.82, 2.24) is 0 Å². The Morgan fingerprint density at radius 3 is 1.86 bits per heavy atom. The van der Waals surface area contributed by atoms with Crippen molar-refractivity contribution in [2.24, 2.45) is 0 Å². The van der Waals surface area contributed by atoms with Crippen LogP contribution in [0.3, 0.4) is 0 Å². The van der Waals surface area contributed by atoms with E-state index >= 15 is 0 Å². The van der Waals surface area contributed by atoms with Gasteiger partial charge in [-0.1, -0.05) is 18.2 Å². The van der Waals surface area contributed by atoms with Crippen LogP contribution in [0.2, 0.25) is 0 Å². The summed E-state index contributed by atoms with van der Waals surface area (Å²) in [6.07, 6.45) is 0. The fourth-order valence-corrected chi connectivity index (χ4v) is 4.76. The molecule has 0 fully saturated rings. The molecule has 1 N–H and O–H groups in total. The molecule has 0 aliphatic heterocycles. The zero-order chi connectivity index (χ0) is 20.6. The average Bonchev–Trinajstić information content (AvgIpc) is 2.71. The third kappa shape index (κ3) is 4.98. The summed E-state index contributed by atoms with van der Waals surface area (Å²) in [4.78, 5) is 0. The Hall–Kier alpha value is -2.21. The highest BCUT2D eigenvalue weighted by Crippen LogP contribution is 2.61. The molecule has 0 saturated heterocycles. The van der Waals surface area contributed by atoms with Gasteiger partial charge in [-0.15, -0.1) is 0 Å². The predicted molar refractivity (Wildman–Crippen MR) is 110 cm³/mol. The van der Waals surface area contributed by atoms with Crippen LogP contribution in [-0.4, -0.2) is 34.5 Å². The molecule has 1 atom stereocenters. The van der Waals surface area contributed by atoms with Gasteiger partial charge in [0.05, 0.1) is 34.5 Å². The first kappa shape index (κ1) is 22.1. The topological polar surface area (TPSA) is 75.3 Å². The Morgan fingerprint density at radius 1 is 0.893 bits per heavy atom. The summed E-state index contributed by atoms with van der Waals surface area (Å²) in [5, 5.41) is 3.28. The molecule has 0 aliphatic carbocycles. The summed E-state index contributed by atoms with van der Waals surface area (Å²) >= 11 is 0. The van der Waals surface area contributed by atoms with Crippen molar-refractivity contribution in [1.29, 1.82) is 0 Å². The minimum atomic E-state index is -3.56. The highest BCUT2D eigenvalue weighted by molar-refractivity contribution is 7.54. The fourth-order valence-electron chi connectivity index (χ4n) is 2.84. The van der Waals surface area contributed by atoms with E-state index in [0.29, 0.717) is 22.8 Å². The first-order valence-corrected chi connectivity index (χ1v) is 10.6. The molecule has 7 nitrogen and oxygen atoms in total. The lowest BCUT2D eigenvalue weighted by Crippen LogP contribution is -2.16. The van der Waals surface area contributed by atoms with Crippen molar-refractivity contribution in [2.45, 2.75) is 19.6 Å². The number of para-hydroxylation sites is 1. The predicted octanol–water partition coefficient (Wildman–Crippen LogP) is 5.09. The number of rotatable bonds is 11. The maximum absolute atomic E-state index is 13.7. The molecule has 0 radical (unpaired) electrons. The zero-order valence-corrected chi connectivity index (χ0v) is 17.8. The van der Waals surface area contributed by atoms with E-state index in [4.69, 9.17) is 23.3 Å². The summed E-state index contributed by atoms with van der Waals surface area (Å²) in [5.41, 5.74) is 1.41. The van der Waals surface area contributed by atoms with Crippen molar-refractivity contribution in [3.63, 3.8) is 0 Å². The van der Waals surface area contributed by atoms with E-state index < -0.39 is 13.4 Å². The van der Waals surface area contributed by atoms with Gasteiger partial charge in [0.25, 0.3) is 0 Å². The van der Waals surface area contributed by atoms with Gasteiger partial charge >= 0.3 is 7.60 Å². The van der Waals surface area contributed by atoms with Crippen molar-refractivity contribution in [3.05, 3.63) is 48.0 Å². The molecule has 0 amide bonds. The van der Waals surface area contributed by atoms with Crippen LogP contribution in [0, 0.1) is 0 Å². The highest BCUT2D eigenvalue weighted by Gasteiger charge is 2.38. The molecule has 8 heteroatoms. The van der Waals surface area contributed by atoms with E-state index in [1.807, 2.05) is 30.3 Å². The molecular formula is C20H28NO6P. The van der Waals surface area contributed by atoms with Crippen molar-refractivity contribution >= 4 is 13.3 Å². The van der Waals surface area contributed by atoms with Crippen LogP contribution in [0.15, 0.2) is 42.5 Å². The first-order valence-electron chi connectivity index (χ1n) is 9.03. The second-order valence-corrected chi connectivity index (χ2v) is 7.86. The number of nitrogens with one attached hydrogen (secondary N) is 1. The SMILES string of the molecule is CCOP(=O)(OCC)C(Nc1ccccc1)c1cc(OC)c(OC)c(OC)c1. The van der Waals surface area contributed by atoms with Gasteiger partial charge in [0, 0.05) is 5.69 Å². The van der Waals surface area contributed by atoms with Crippen molar-refractivity contribution < 1.29 is 27.8 Å². The second kappa shape index (κ2) is 10.4. The number of anilines is 1. The Morgan fingerprint density at radius 2 is 1.43 bits per heavy atom. The molecule has 2 aromatic carbocycles. The monoisotopic (exact) mass is 409 g/mol. The molecule has 0 heterocycles. The summed E-state index contributed by atoms with van der Waals surface area (Å²) in [6, 6.07) is 12.9. The smallest absolute Gasteiger partial charge is 0.357 e. The Balaban J connectivity index is 2.62. The van der Waals surface area contributed by atoms with Gasteiger partial charge in [-0.2, -0.15) is 0 Å². The van der Waals surface area contributed by atoms with Gasteiger partial charge in [-0.05, 0) is 43.7 Å². The van der Waals surface area contributed by atoms with Crippen molar-refractivity contribution in [3.8, 4) is 17.2 Å². The maximum atomic E-state index is 13.7. The summed E-state index contributed by atoms with van der Waals surface area (Å²) < 4.78 is 41.2. The molecule has 0 aliphatic rings. The van der Waals surface area contributed by atoms with Gasteiger partial charge in [0.2, 0.25) is 5.75 Å². The molecule has 2 rings (SSSR count). The van der Waals surface area contributed by atoms with Crippen LogP contribution >= 0.6 is 7.60 Å². The van der Waals surface area contributed by atoms with E-state index in [-0.39, 0.29) is 13.2 Å². The van der Waals surface area contributed by atoms with E-state index in [1.165, 1.54) is 21.3 Å². The van der Waals surface area contributed by atoms with E-state index in [1.54, 1.807) is 26.0 Å². The minimum Gasteiger partial charge on any atom is -0.493 e. The number of benzene rings is 2. The standard InChI is InChI=1S/C20H28NO6P/c1-6-26-28(22,27-7-2)20(21-16-11-9-8-10-12-16)15-13-17(23-3)19(25-5)18(14-15)24-4/h8-14,20-21H,6-7H2,1-5H3. The largest absolute Gasteiger partial charge is 0.493 e. The van der Waals surface area contributed by atoms with Crippen LogP contribution in [0.5, 0.6) is 17.2 Å². The van der Waals surface area contributed by atoms with Crippen LogP contribution in [0.1, 0.15) is 25.2 Å². The molecule has 0 bridgehead atoms.